The van der Waals surface area contributed by atoms with E-state index in [4.69, 9.17) is 9.88 Å². The van der Waals surface area contributed by atoms with Gasteiger partial charge in [-0.3, -0.25) is 10.1 Å². The molecule has 0 unspecified atom stereocenters. The minimum absolute atomic E-state index is 0.212. The molecule has 0 spiro atoms. The van der Waals surface area contributed by atoms with Crippen LogP contribution in [-0.2, 0) is 14.8 Å². The van der Waals surface area contributed by atoms with Crippen LogP contribution >= 0.6 is 0 Å². The molecule has 1 aromatic rings. The van der Waals surface area contributed by atoms with Crippen molar-refractivity contribution in [3.63, 3.8) is 0 Å². The molecule has 9 heteroatoms. The van der Waals surface area contributed by atoms with Crippen LogP contribution in [0, 0.1) is 10.1 Å². The van der Waals surface area contributed by atoms with Crippen molar-refractivity contribution >= 4 is 21.4 Å². The molecule has 0 aromatic heterocycles. The Bertz CT molecular complexity index is 543. The lowest BCUT2D eigenvalue weighted by atomic mass is 10.2. The van der Waals surface area contributed by atoms with Gasteiger partial charge in [0, 0.05) is 19.7 Å². The lowest BCUT2D eigenvalue weighted by Crippen LogP contribution is -2.13. The Balaban J connectivity index is 3.09. The first-order chi connectivity index (χ1) is 8.36. The Morgan fingerprint density at radius 3 is 2.67 bits per heavy atom. The van der Waals surface area contributed by atoms with E-state index in [0.717, 1.165) is 6.07 Å². The summed E-state index contributed by atoms with van der Waals surface area (Å²) in [5.74, 6) is 0. The quantitative estimate of drug-likeness (QED) is 0.437. The fraction of sp³-hybridized carbons (Fsp3) is 0.333. The Labute approximate surface area is 104 Å². The lowest BCUT2D eigenvalue weighted by molar-refractivity contribution is -0.384. The summed E-state index contributed by atoms with van der Waals surface area (Å²) in [6.07, 6.45) is 0. The Kier molecular flexibility index (Phi) is 4.59. The van der Waals surface area contributed by atoms with E-state index in [-0.39, 0.29) is 16.3 Å². The number of anilines is 1. The summed E-state index contributed by atoms with van der Waals surface area (Å²) in [5.41, 5.74) is -0.137. The van der Waals surface area contributed by atoms with Gasteiger partial charge in [0.25, 0.3) is 5.69 Å². The van der Waals surface area contributed by atoms with Crippen molar-refractivity contribution in [3.8, 4) is 0 Å². The van der Waals surface area contributed by atoms with Gasteiger partial charge in [-0.1, -0.05) is 0 Å². The third kappa shape index (κ3) is 3.65. The lowest BCUT2D eigenvalue weighted by Gasteiger charge is -2.07. The van der Waals surface area contributed by atoms with Gasteiger partial charge in [0.15, 0.2) is 0 Å². The molecular weight excluding hydrogens is 262 g/mol. The van der Waals surface area contributed by atoms with E-state index in [1.54, 1.807) is 0 Å². The van der Waals surface area contributed by atoms with E-state index in [1.807, 2.05) is 0 Å². The van der Waals surface area contributed by atoms with E-state index in [1.165, 1.54) is 19.2 Å². The highest BCUT2D eigenvalue weighted by molar-refractivity contribution is 7.89. The Hall–Kier alpha value is -1.71. The average Bonchev–Trinajstić information content (AvgIpc) is 2.28. The van der Waals surface area contributed by atoms with Gasteiger partial charge in [-0.2, -0.15) is 0 Å². The maximum Gasteiger partial charge on any atom is 0.293 e. The third-order valence-corrected chi connectivity index (χ3v) is 3.03. The maximum absolute atomic E-state index is 11.1. The summed E-state index contributed by atoms with van der Waals surface area (Å²) in [5, 5.41) is 18.5. The SMILES string of the molecule is COCCNc1ccc(S(N)(=O)=O)cc1[N+](=O)[O-]. The number of ether oxygens (including phenoxy) is 1. The maximum atomic E-state index is 11.1. The second kappa shape index (κ2) is 5.76. The van der Waals surface area contributed by atoms with Crippen molar-refractivity contribution in [1.29, 1.82) is 0 Å². The molecule has 0 aliphatic heterocycles. The summed E-state index contributed by atoms with van der Waals surface area (Å²) >= 11 is 0. The van der Waals surface area contributed by atoms with E-state index >= 15 is 0 Å². The second-order valence-electron chi connectivity index (χ2n) is 3.40. The zero-order valence-electron chi connectivity index (χ0n) is 9.62. The molecule has 0 amide bonds. The summed E-state index contributed by atoms with van der Waals surface area (Å²) in [6.45, 7) is 0.736. The molecule has 0 radical (unpaired) electrons. The number of nitrogens with one attached hydrogen (secondary N) is 1. The van der Waals surface area contributed by atoms with Crippen LogP contribution in [0.2, 0.25) is 0 Å². The standard InChI is InChI=1S/C9H13N3O5S/c1-17-5-4-11-8-3-2-7(18(10,15)16)6-9(8)12(13)14/h2-3,6,11H,4-5H2,1H3,(H2,10,15,16). The van der Waals surface area contributed by atoms with Crippen molar-refractivity contribution in [2.75, 3.05) is 25.6 Å². The van der Waals surface area contributed by atoms with Gasteiger partial charge in [0.2, 0.25) is 10.0 Å². The van der Waals surface area contributed by atoms with Crippen LogP contribution in [0.4, 0.5) is 11.4 Å². The predicted molar refractivity (Wildman–Crippen MR) is 64.8 cm³/mol. The molecule has 18 heavy (non-hydrogen) atoms. The minimum atomic E-state index is -3.96. The topological polar surface area (TPSA) is 125 Å². The van der Waals surface area contributed by atoms with Crippen LogP contribution in [0.25, 0.3) is 0 Å². The molecule has 0 saturated carbocycles. The van der Waals surface area contributed by atoms with E-state index < -0.39 is 14.9 Å². The van der Waals surface area contributed by atoms with Crippen LogP contribution < -0.4 is 10.5 Å². The molecule has 0 aliphatic rings. The first-order valence-electron chi connectivity index (χ1n) is 4.90. The number of benzene rings is 1. The molecule has 0 fully saturated rings. The second-order valence-corrected chi connectivity index (χ2v) is 4.96. The highest BCUT2D eigenvalue weighted by Crippen LogP contribution is 2.26. The van der Waals surface area contributed by atoms with Crippen LogP contribution in [0.3, 0.4) is 0 Å². The average molecular weight is 275 g/mol. The summed E-state index contributed by atoms with van der Waals surface area (Å²) in [4.78, 5) is 9.86. The molecule has 0 atom stereocenters. The van der Waals surface area contributed by atoms with Crippen molar-refractivity contribution in [3.05, 3.63) is 28.3 Å². The number of nitro benzene ring substituents is 1. The number of nitro groups is 1. The van der Waals surface area contributed by atoms with E-state index in [0.29, 0.717) is 13.2 Å². The smallest absolute Gasteiger partial charge is 0.293 e. The molecule has 0 bridgehead atoms. The molecule has 100 valence electrons. The van der Waals surface area contributed by atoms with Crippen molar-refractivity contribution in [2.45, 2.75) is 4.90 Å². The minimum Gasteiger partial charge on any atom is -0.383 e. The summed E-state index contributed by atoms with van der Waals surface area (Å²) in [6, 6.07) is 3.43. The number of hydrogen-bond acceptors (Lipinski definition) is 6. The van der Waals surface area contributed by atoms with Gasteiger partial charge >= 0.3 is 0 Å². The van der Waals surface area contributed by atoms with Gasteiger partial charge in [-0.25, -0.2) is 13.6 Å². The Morgan fingerprint density at radius 1 is 1.50 bits per heavy atom. The first-order valence-corrected chi connectivity index (χ1v) is 6.45. The molecule has 3 N–H and O–H groups in total. The zero-order chi connectivity index (χ0) is 13.8. The van der Waals surface area contributed by atoms with Crippen molar-refractivity contribution in [1.82, 2.24) is 0 Å². The largest absolute Gasteiger partial charge is 0.383 e. The Morgan fingerprint density at radius 2 is 2.17 bits per heavy atom. The van der Waals surface area contributed by atoms with Crippen molar-refractivity contribution in [2.24, 2.45) is 5.14 Å². The van der Waals surface area contributed by atoms with E-state index in [2.05, 4.69) is 5.32 Å². The summed E-state index contributed by atoms with van der Waals surface area (Å²) in [7, 11) is -2.46. The number of nitrogens with zero attached hydrogens (tertiary/aromatic N) is 1. The van der Waals surface area contributed by atoms with Crippen molar-refractivity contribution < 1.29 is 18.1 Å². The predicted octanol–water partition coefficient (Wildman–Crippen LogP) is 0.301. The van der Waals surface area contributed by atoms with Crippen LogP contribution in [0.15, 0.2) is 23.1 Å². The molecule has 1 rings (SSSR count). The molecule has 0 heterocycles. The number of primary sulfonamides is 1. The summed E-state index contributed by atoms with van der Waals surface area (Å²) < 4.78 is 27.0. The number of sulfonamides is 1. The van der Waals surface area contributed by atoms with Gasteiger partial charge in [-0.05, 0) is 12.1 Å². The normalized spacial score (nSPS) is 11.2. The number of hydrogen-bond donors (Lipinski definition) is 2. The van der Waals surface area contributed by atoms with Gasteiger partial charge in [0.1, 0.15) is 5.69 Å². The zero-order valence-corrected chi connectivity index (χ0v) is 10.4. The first kappa shape index (κ1) is 14.4. The van der Waals surface area contributed by atoms with Crippen LogP contribution in [0.5, 0.6) is 0 Å². The van der Waals surface area contributed by atoms with Gasteiger partial charge in [0.05, 0.1) is 16.4 Å². The molecule has 1 aromatic carbocycles. The van der Waals surface area contributed by atoms with Gasteiger partial charge in [-0.15, -0.1) is 0 Å². The fourth-order valence-electron chi connectivity index (χ4n) is 1.28. The monoisotopic (exact) mass is 275 g/mol. The van der Waals surface area contributed by atoms with Crippen LogP contribution in [0.1, 0.15) is 0 Å². The molecular formula is C9H13N3O5S. The van der Waals surface area contributed by atoms with E-state index in [9.17, 15) is 18.5 Å². The number of rotatable bonds is 6. The molecule has 0 aliphatic carbocycles. The highest BCUT2D eigenvalue weighted by Gasteiger charge is 2.18. The number of nitrogens with two attached hydrogens (primary N) is 1. The van der Waals surface area contributed by atoms with Gasteiger partial charge < -0.3 is 10.1 Å². The third-order valence-electron chi connectivity index (χ3n) is 2.12. The highest BCUT2D eigenvalue weighted by atomic mass is 32.2. The molecule has 0 saturated heterocycles. The molecule has 8 nitrogen and oxygen atoms in total. The van der Waals surface area contributed by atoms with Crippen LogP contribution in [-0.4, -0.2) is 33.6 Å². The number of methoxy groups -OCH3 is 1. The fourth-order valence-corrected chi connectivity index (χ4v) is 1.81.